The Hall–Kier alpha value is -1.24. The summed E-state index contributed by atoms with van der Waals surface area (Å²) in [7, 11) is 0. The maximum Gasteiger partial charge on any atom is 0.234 e. The molecule has 0 heterocycles. The fourth-order valence-corrected chi connectivity index (χ4v) is 0.220. The van der Waals surface area contributed by atoms with Gasteiger partial charge in [-0.25, -0.2) is 19.6 Å². The molecule has 4 nitrogen and oxygen atoms in total. The number of rotatable bonds is 7. The first kappa shape index (κ1) is 2.16. The first-order chi connectivity index (χ1) is 10.4. The van der Waals surface area contributed by atoms with E-state index in [1.54, 1.807) is 0 Å². The van der Waals surface area contributed by atoms with E-state index in [1.165, 1.54) is 0 Å². The van der Waals surface area contributed by atoms with E-state index in [-0.39, 0.29) is 0 Å². The van der Waals surface area contributed by atoms with E-state index < -0.39 is 38.5 Å². The molecular formula is C8H12N2O2. The van der Waals surface area contributed by atoms with Crippen LogP contribution in [0.4, 0.5) is 0 Å². The van der Waals surface area contributed by atoms with Crippen LogP contribution < -0.4 is 0 Å². The molecule has 0 aromatic rings. The number of carbonyl (C=O) groups excluding carboxylic acids is 2. The van der Waals surface area contributed by atoms with E-state index >= 15 is 0 Å². The molecule has 12 heavy (non-hydrogen) atoms. The van der Waals surface area contributed by atoms with Crippen LogP contribution in [0.2, 0.25) is 0 Å². The highest BCUT2D eigenvalue weighted by Gasteiger charge is 1.87. The third kappa shape index (κ3) is 8.76. The number of hydrogen-bond acceptors (Lipinski definition) is 4. The Bertz CT molecular complexity index is 536. The molecule has 0 aromatic heterocycles. The number of aliphatic imine (C=N–C) groups is 2. The number of hydrogen-bond donors (Lipinski definition) is 0. The van der Waals surface area contributed by atoms with Crippen LogP contribution >= 0.6 is 0 Å². The molecule has 0 saturated heterocycles. The van der Waals surface area contributed by atoms with Crippen molar-refractivity contribution in [3.63, 3.8) is 0 Å². The van der Waals surface area contributed by atoms with Crippen molar-refractivity contribution in [1.29, 1.82) is 0 Å². The molecule has 0 saturated carbocycles. The lowest BCUT2D eigenvalue weighted by Gasteiger charge is -1.93. The highest BCUT2D eigenvalue weighted by atomic mass is 16.1. The maximum atomic E-state index is 10.2. The molecule has 0 atom stereocenters. The lowest BCUT2D eigenvalue weighted by atomic mass is 10.2. The Balaban J connectivity index is 6.46. The molecule has 0 aliphatic heterocycles. The molecule has 0 aliphatic carbocycles. The predicted octanol–water partition coefficient (Wildman–Crippen LogP) is 1.22. The third-order valence-corrected chi connectivity index (χ3v) is 0.502. The van der Waals surface area contributed by atoms with E-state index in [1.807, 2.05) is 0 Å². The maximum absolute atomic E-state index is 10.2. The summed E-state index contributed by atoms with van der Waals surface area (Å²) in [5, 5.41) is 0. The van der Waals surface area contributed by atoms with E-state index in [0.29, 0.717) is 12.2 Å². The van der Waals surface area contributed by atoms with Crippen molar-refractivity contribution in [3.8, 4) is 0 Å². The molecule has 4 heteroatoms. The van der Waals surface area contributed by atoms with Crippen LogP contribution in [0.15, 0.2) is 9.98 Å². The van der Waals surface area contributed by atoms with Gasteiger partial charge in [-0.2, -0.15) is 0 Å². The Kier molecular flexibility index (Phi) is 1.76. The average molecular weight is 180 g/mol. The normalized spacial score (nSPS) is 30.3. The highest BCUT2D eigenvalue weighted by Crippen LogP contribution is 1.99. The van der Waals surface area contributed by atoms with E-state index in [9.17, 15) is 9.59 Å². The lowest BCUT2D eigenvalue weighted by molar-refractivity contribution is 0.558. The molecule has 0 fully saturated rings. The SMILES string of the molecule is [2H]C([2H])(N=C=O)C([2H])([2H])C([2H])([2H])C([2H])([2H])C([2H])([2H])C([2H])([2H])N=C=O. The second kappa shape index (κ2) is 9.76. The van der Waals surface area contributed by atoms with Crippen LogP contribution in [0.25, 0.3) is 0 Å². The quantitative estimate of drug-likeness (QED) is 0.437. The summed E-state index contributed by atoms with van der Waals surface area (Å²) in [6.07, 6.45) is -14.7. The first-order valence-corrected chi connectivity index (χ1v) is 2.55. The first-order valence-electron chi connectivity index (χ1n) is 8.55. The molecule has 0 amide bonds. The fraction of sp³-hybridized carbons (Fsp3) is 0.750. The molecule has 0 bridgehead atoms. The summed E-state index contributed by atoms with van der Waals surface area (Å²) < 4.78 is 89.3. The van der Waals surface area contributed by atoms with Crippen LogP contribution in [0.5, 0.6) is 0 Å². The summed E-state index contributed by atoms with van der Waals surface area (Å²) in [4.78, 5) is 25.2. The van der Waals surface area contributed by atoms with Crippen LogP contribution in [0, 0.1) is 0 Å². The van der Waals surface area contributed by atoms with Crippen LogP contribution in [-0.2, 0) is 9.59 Å². The second-order valence-electron chi connectivity index (χ2n) is 1.13. The summed E-state index contributed by atoms with van der Waals surface area (Å²) in [5.74, 6) is 0. The molecule has 0 N–H and O–H groups in total. The summed E-state index contributed by atoms with van der Waals surface area (Å²) >= 11 is 0. The molecule has 0 radical (unpaired) electrons. The zero-order valence-electron chi connectivity index (χ0n) is 17.7. The summed E-state index contributed by atoms with van der Waals surface area (Å²) in [6, 6.07) is 0. The van der Waals surface area contributed by atoms with Crippen LogP contribution in [0.1, 0.15) is 41.9 Å². The van der Waals surface area contributed by atoms with Gasteiger partial charge < -0.3 is 0 Å². The molecule has 0 rings (SSSR count). The van der Waals surface area contributed by atoms with Crippen molar-refractivity contribution in [3.05, 3.63) is 0 Å². The zero-order chi connectivity index (χ0) is 19.8. The minimum Gasteiger partial charge on any atom is -0.211 e. The zero-order valence-corrected chi connectivity index (χ0v) is 5.71. The molecule has 66 valence electrons. The number of isocyanates is 2. The minimum absolute atomic E-state index is 0.660. The van der Waals surface area contributed by atoms with Gasteiger partial charge in [-0.1, -0.05) is 12.7 Å². The molecule has 0 unspecified atom stereocenters. The summed E-state index contributed by atoms with van der Waals surface area (Å²) in [5.41, 5.74) is 0. The Labute approximate surface area is 88.3 Å². The van der Waals surface area contributed by atoms with Gasteiger partial charge in [0, 0.05) is 11.0 Å². The summed E-state index contributed by atoms with van der Waals surface area (Å²) in [6.45, 7) is -7.30. The van der Waals surface area contributed by atoms with Gasteiger partial charge in [-0.3, -0.25) is 0 Å². The highest BCUT2D eigenvalue weighted by molar-refractivity contribution is 5.32. The topological polar surface area (TPSA) is 58.9 Å². The van der Waals surface area contributed by atoms with Gasteiger partial charge >= 0.3 is 0 Å². The predicted molar refractivity (Wildman–Crippen MR) is 44.4 cm³/mol. The smallest absolute Gasteiger partial charge is 0.211 e. The van der Waals surface area contributed by atoms with Crippen molar-refractivity contribution in [1.82, 2.24) is 0 Å². The minimum atomic E-state index is -4.07. The van der Waals surface area contributed by atoms with Crippen LogP contribution in [0.3, 0.4) is 0 Å². The van der Waals surface area contributed by atoms with Gasteiger partial charge in [0.05, 0.1) is 18.5 Å². The van der Waals surface area contributed by atoms with E-state index in [2.05, 4.69) is 9.98 Å². The van der Waals surface area contributed by atoms with Crippen molar-refractivity contribution in [2.24, 2.45) is 9.98 Å². The molecular weight excluding hydrogens is 156 g/mol. The van der Waals surface area contributed by atoms with Crippen molar-refractivity contribution in [2.75, 3.05) is 13.0 Å². The largest absolute Gasteiger partial charge is 0.234 e. The van der Waals surface area contributed by atoms with Gasteiger partial charge in [-0.05, 0) is 12.7 Å². The Morgan fingerprint density at radius 1 is 0.917 bits per heavy atom. The molecule has 0 aromatic carbocycles. The van der Waals surface area contributed by atoms with Gasteiger partial charge in [0.2, 0.25) is 12.2 Å². The fourth-order valence-electron chi connectivity index (χ4n) is 0.220. The molecule has 0 spiro atoms. The third-order valence-electron chi connectivity index (χ3n) is 0.502. The Morgan fingerprint density at radius 3 is 1.67 bits per heavy atom. The van der Waals surface area contributed by atoms with E-state index in [0.717, 1.165) is 0 Å². The van der Waals surface area contributed by atoms with Crippen molar-refractivity contribution in [2.45, 2.75) is 25.5 Å². The average Bonchev–Trinajstić information content (AvgIpc) is 2.37. The monoisotopic (exact) mass is 180 g/mol. The number of nitrogens with zero attached hydrogens (tertiary/aromatic N) is 2. The van der Waals surface area contributed by atoms with Crippen LogP contribution in [-0.4, -0.2) is 25.2 Å². The van der Waals surface area contributed by atoms with Gasteiger partial charge in [0.25, 0.3) is 0 Å². The Morgan fingerprint density at radius 2 is 1.33 bits per heavy atom. The molecule has 0 aliphatic rings. The van der Waals surface area contributed by atoms with Gasteiger partial charge in [-0.15, -0.1) is 0 Å². The van der Waals surface area contributed by atoms with Gasteiger partial charge in [0.1, 0.15) is 0 Å². The standard InChI is InChI=1S/C8H12N2O2/c11-7-9-5-3-1-2-4-6-10-8-12/h1-6H2/i1D2,2D2,3D2,4D2,5D2,6D2. The van der Waals surface area contributed by atoms with E-state index in [4.69, 9.17) is 16.4 Å². The van der Waals surface area contributed by atoms with Crippen molar-refractivity contribution >= 4 is 12.2 Å². The lowest BCUT2D eigenvalue weighted by Crippen LogP contribution is -1.84. The van der Waals surface area contributed by atoms with Gasteiger partial charge in [0.15, 0.2) is 0 Å². The van der Waals surface area contributed by atoms with Crippen molar-refractivity contribution < 1.29 is 26.0 Å². The second-order valence-corrected chi connectivity index (χ2v) is 1.13.